The SMILES string of the molecule is CC[C@@H](C)c1cc(C(=O)Nc2ccc(-c3nnco3)cc2)on1. The summed E-state index contributed by atoms with van der Waals surface area (Å²) in [6.07, 6.45) is 2.20. The molecule has 0 saturated carbocycles. The molecule has 0 bridgehead atoms. The highest BCUT2D eigenvalue weighted by molar-refractivity contribution is 6.02. The minimum absolute atomic E-state index is 0.196. The van der Waals surface area contributed by atoms with Gasteiger partial charge in [0.15, 0.2) is 0 Å². The summed E-state index contributed by atoms with van der Waals surface area (Å²) in [6, 6.07) is 8.76. The Hall–Kier alpha value is -2.96. The monoisotopic (exact) mass is 312 g/mol. The number of nitrogens with one attached hydrogen (secondary N) is 1. The van der Waals surface area contributed by atoms with E-state index in [-0.39, 0.29) is 17.6 Å². The summed E-state index contributed by atoms with van der Waals surface area (Å²) in [4.78, 5) is 12.2. The van der Waals surface area contributed by atoms with Crippen LogP contribution in [0.2, 0.25) is 0 Å². The molecule has 3 aromatic rings. The van der Waals surface area contributed by atoms with Crippen molar-refractivity contribution in [3.8, 4) is 11.5 Å². The van der Waals surface area contributed by atoms with E-state index < -0.39 is 0 Å². The molecule has 7 heteroatoms. The second kappa shape index (κ2) is 6.43. The molecule has 0 unspecified atom stereocenters. The summed E-state index contributed by atoms with van der Waals surface area (Å²) in [7, 11) is 0. The maximum absolute atomic E-state index is 12.2. The van der Waals surface area contributed by atoms with E-state index in [1.807, 2.05) is 6.92 Å². The molecule has 2 aromatic heterocycles. The van der Waals surface area contributed by atoms with Crippen LogP contribution in [0, 0.1) is 0 Å². The maximum atomic E-state index is 12.2. The Bertz CT molecular complexity index is 778. The Morgan fingerprint density at radius 1 is 1.30 bits per heavy atom. The second-order valence-electron chi connectivity index (χ2n) is 5.20. The molecule has 1 aromatic carbocycles. The molecule has 1 amide bonds. The van der Waals surface area contributed by atoms with Gasteiger partial charge in [0, 0.05) is 23.2 Å². The van der Waals surface area contributed by atoms with Crippen molar-refractivity contribution in [1.82, 2.24) is 15.4 Å². The van der Waals surface area contributed by atoms with Gasteiger partial charge in [-0.25, -0.2) is 0 Å². The van der Waals surface area contributed by atoms with Gasteiger partial charge in [-0.3, -0.25) is 4.79 Å². The predicted octanol–water partition coefficient (Wildman–Crippen LogP) is 3.49. The van der Waals surface area contributed by atoms with Crippen LogP contribution in [0.15, 0.2) is 45.7 Å². The zero-order valence-corrected chi connectivity index (χ0v) is 12.8. The maximum Gasteiger partial charge on any atom is 0.294 e. The Kier molecular flexibility index (Phi) is 4.18. The normalized spacial score (nSPS) is 12.1. The first kappa shape index (κ1) is 15.0. The first-order chi connectivity index (χ1) is 11.2. The number of benzene rings is 1. The van der Waals surface area contributed by atoms with Crippen LogP contribution in [0.25, 0.3) is 11.5 Å². The topological polar surface area (TPSA) is 94.1 Å². The van der Waals surface area contributed by atoms with E-state index in [2.05, 4.69) is 27.6 Å². The van der Waals surface area contributed by atoms with Gasteiger partial charge in [-0.15, -0.1) is 10.2 Å². The van der Waals surface area contributed by atoms with Crippen molar-refractivity contribution < 1.29 is 13.7 Å². The average molecular weight is 312 g/mol. The van der Waals surface area contributed by atoms with E-state index in [9.17, 15) is 4.79 Å². The van der Waals surface area contributed by atoms with Crippen molar-refractivity contribution in [3.63, 3.8) is 0 Å². The average Bonchev–Trinajstić information content (AvgIpc) is 3.26. The van der Waals surface area contributed by atoms with Crippen LogP contribution < -0.4 is 5.32 Å². The Morgan fingerprint density at radius 2 is 2.09 bits per heavy atom. The predicted molar refractivity (Wildman–Crippen MR) is 82.9 cm³/mol. The number of amides is 1. The van der Waals surface area contributed by atoms with Gasteiger partial charge in [-0.05, 0) is 30.7 Å². The van der Waals surface area contributed by atoms with Crippen LogP contribution in [-0.4, -0.2) is 21.3 Å². The molecule has 0 aliphatic carbocycles. The Balaban J connectivity index is 1.69. The largest absolute Gasteiger partial charge is 0.423 e. The van der Waals surface area contributed by atoms with Crippen LogP contribution in [0.4, 0.5) is 5.69 Å². The third-order valence-electron chi connectivity index (χ3n) is 3.62. The number of rotatable bonds is 5. The van der Waals surface area contributed by atoms with Gasteiger partial charge in [0.1, 0.15) is 0 Å². The molecule has 118 valence electrons. The fourth-order valence-corrected chi connectivity index (χ4v) is 2.02. The van der Waals surface area contributed by atoms with Crippen molar-refractivity contribution in [2.45, 2.75) is 26.2 Å². The zero-order chi connectivity index (χ0) is 16.2. The van der Waals surface area contributed by atoms with Gasteiger partial charge < -0.3 is 14.3 Å². The summed E-state index contributed by atoms with van der Waals surface area (Å²) in [5.74, 6) is 0.546. The quantitative estimate of drug-likeness (QED) is 0.775. The molecule has 7 nitrogen and oxygen atoms in total. The molecular weight excluding hydrogens is 296 g/mol. The zero-order valence-electron chi connectivity index (χ0n) is 12.8. The van der Waals surface area contributed by atoms with Gasteiger partial charge >= 0.3 is 0 Å². The summed E-state index contributed by atoms with van der Waals surface area (Å²) in [6.45, 7) is 4.10. The third kappa shape index (κ3) is 3.28. The van der Waals surface area contributed by atoms with Crippen molar-refractivity contribution in [3.05, 3.63) is 48.2 Å². The highest BCUT2D eigenvalue weighted by Gasteiger charge is 2.16. The number of aromatic nitrogens is 3. The summed E-state index contributed by atoms with van der Waals surface area (Å²) in [5.41, 5.74) is 2.20. The van der Waals surface area contributed by atoms with Crippen molar-refractivity contribution >= 4 is 11.6 Å². The number of nitrogens with zero attached hydrogens (tertiary/aromatic N) is 3. The first-order valence-electron chi connectivity index (χ1n) is 7.32. The van der Waals surface area contributed by atoms with Gasteiger partial charge in [-0.1, -0.05) is 19.0 Å². The molecule has 0 saturated heterocycles. The lowest BCUT2D eigenvalue weighted by atomic mass is 10.1. The molecule has 0 fully saturated rings. The Labute approximate surface area is 132 Å². The summed E-state index contributed by atoms with van der Waals surface area (Å²) < 4.78 is 10.2. The summed E-state index contributed by atoms with van der Waals surface area (Å²) >= 11 is 0. The molecule has 0 aliphatic heterocycles. The number of hydrogen-bond acceptors (Lipinski definition) is 6. The molecule has 0 spiro atoms. The molecule has 1 N–H and O–H groups in total. The lowest BCUT2D eigenvalue weighted by Gasteiger charge is -2.03. The van der Waals surface area contributed by atoms with Crippen molar-refractivity contribution in [2.75, 3.05) is 5.32 Å². The van der Waals surface area contributed by atoms with Gasteiger partial charge in [0.2, 0.25) is 18.0 Å². The van der Waals surface area contributed by atoms with Crippen molar-refractivity contribution in [1.29, 1.82) is 0 Å². The smallest absolute Gasteiger partial charge is 0.294 e. The molecule has 3 rings (SSSR count). The van der Waals surface area contributed by atoms with Gasteiger partial charge in [0.05, 0.1) is 5.69 Å². The van der Waals surface area contributed by atoms with E-state index in [0.29, 0.717) is 11.6 Å². The number of anilines is 1. The van der Waals surface area contributed by atoms with E-state index in [4.69, 9.17) is 8.94 Å². The third-order valence-corrected chi connectivity index (χ3v) is 3.62. The van der Waals surface area contributed by atoms with Crippen LogP contribution in [0.5, 0.6) is 0 Å². The van der Waals surface area contributed by atoms with Gasteiger partial charge in [0.25, 0.3) is 5.91 Å². The lowest BCUT2D eigenvalue weighted by molar-refractivity contribution is 0.0988. The van der Waals surface area contributed by atoms with Crippen LogP contribution in [-0.2, 0) is 0 Å². The number of carbonyl (C=O) groups excluding carboxylic acids is 1. The number of hydrogen-bond donors (Lipinski definition) is 1. The molecule has 1 atom stereocenters. The van der Waals surface area contributed by atoms with Gasteiger partial charge in [-0.2, -0.15) is 0 Å². The van der Waals surface area contributed by atoms with E-state index in [1.165, 1.54) is 6.39 Å². The molecule has 0 radical (unpaired) electrons. The fraction of sp³-hybridized carbons (Fsp3) is 0.250. The second-order valence-corrected chi connectivity index (χ2v) is 5.20. The fourth-order valence-electron chi connectivity index (χ4n) is 2.02. The molecule has 0 aliphatic rings. The highest BCUT2D eigenvalue weighted by atomic mass is 16.5. The molecular formula is C16H16N4O3. The molecule has 2 heterocycles. The van der Waals surface area contributed by atoms with Crippen molar-refractivity contribution in [2.24, 2.45) is 0 Å². The standard InChI is InChI=1S/C16H16N4O3/c1-3-10(2)13-8-14(23-20-13)15(21)18-12-6-4-11(5-7-12)16-19-17-9-22-16/h4-10H,3H2,1-2H3,(H,18,21)/t10-/m1/s1. The highest BCUT2D eigenvalue weighted by Crippen LogP contribution is 2.21. The first-order valence-corrected chi connectivity index (χ1v) is 7.32. The van der Waals surface area contributed by atoms with Crippen LogP contribution in [0.1, 0.15) is 42.4 Å². The van der Waals surface area contributed by atoms with E-state index >= 15 is 0 Å². The lowest BCUT2D eigenvalue weighted by Crippen LogP contribution is -2.10. The van der Waals surface area contributed by atoms with Crippen LogP contribution in [0.3, 0.4) is 0 Å². The number of carbonyl (C=O) groups is 1. The summed E-state index contributed by atoms with van der Waals surface area (Å²) in [5, 5.41) is 14.1. The minimum atomic E-state index is -0.336. The minimum Gasteiger partial charge on any atom is -0.423 e. The van der Waals surface area contributed by atoms with E-state index in [0.717, 1.165) is 17.7 Å². The Morgan fingerprint density at radius 3 is 2.74 bits per heavy atom. The van der Waals surface area contributed by atoms with E-state index in [1.54, 1.807) is 30.3 Å². The molecule has 23 heavy (non-hydrogen) atoms. The van der Waals surface area contributed by atoms with Crippen LogP contribution >= 0.6 is 0 Å².